The Hall–Kier alpha value is -2.73. The molecular weight excluding hydrogens is 346 g/mol. The summed E-state index contributed by atoms with van der Waals surface area (Å²) in [5, 5.41) is 0.704. The second-order valence-corrected chi connectivity index (χ2v) is 7.42. The third kappa shape index (κ3) is 3.20. The molecule has 0 atom stereocenters. The van der Waals surface area contributed by atoms with E-state index in [1.54, 1.807) is 16.8 Å². The topological polar surface area (TPSA) is 53.5 Å². The van der Waals surface area contributed by atoms with E-state index < -0.39 is 0 Å². The number of carbonyl (C=O) groups excluding carboxylic acids is 2. The highest BCUT2D eigenvalue weighted by Gasteiger charge is 2.21. The van der Waals surface area contributed by atoms with Gasteiger partial charge in [0.15, 0.2) is 5.13 Å². The molecule has 0 aliphatic carbocycles. The van der Waals surface area contributed by atoms with E-state index in [1.165, 1.54) is 11.3 Å². The largest absolute Gasteiger partial charge is 0.312 e. The number of amides is 2. The van der Waals surface area contributed by atoms with E-state index >= 15 is 0 Å². The van der Waals surface area contributed by atoms with Crippen LogP contribution in [0.4, 0.5) is 10.8 Å². The van der Waals surface area contributed by atoms with Crippen molar-refractivity contribution in [3.63, 3.8) is 0 Å². The molecule has 0 bridgehead atoms. The number of hydrogen-bond acceptors (Lipinski definition) is 4. The van der Waals surface area contributed by atoms with Crippen LogP contribution in [0.5, 0.6) is 0 Å². The molecule has 6 heteroatoms. The lowest BCUT2D eigenvalue weighted by molar-refractivity contribution is -0.118. The van der Waals surface area contributed by atoms with Gasteiger partial charge in [0.1, 0.15) is 0 Å². The van der Waals surface area contributed by atoms with Crippen LogP contribution in [0.1, 0.15) is 18.4 Å². The van der Waals surface area contributed by atoms with E-state index in [9.17, 15) is 9.59 Å². The fraction of sp³-hybridized carbons (Fsp3) is 0.250. The predicted octanol–water partition coefficient (Wildman–Crippen LogP) is 3.63. The van der Waals surface area contributed by atoms with Gasteiger partial charge in [0, 0.05) is 25.7 Å². The summed E-state index contributed by atoms with van der Waals surface area (Å²) in [7, 11) is 1.76. The Bertz CT molecular complexity index is 932. The number of para-hydroxylation sites is 1. The maximum atomic E-state index is 12.6. The third-order valence-electron chi connectivity index (χ3n) is 4.62. The number of aromatic nitrogens is 1. The lowest BCUT2D eigenvalue weighted by Gasteiger charge is -2.17. The smallest absolute Gasteiger partial charge is 0.232 e. The number of benzene rings is 2. The minimum absolute atomic E-state index is 0.00550. The van der Waals surface area contributed by atoms with Gasteiger partial charge in [0.05, 0.1) is 16.6 Å². The summed E-state index contributed by atoms with van der Waals surface area (Å²) in [4.78, 5) is 32.4. The van der Waals surface area contributed by atoms with Crippen LogP contribution < -0.4 is 9.80 Å². The third-order valence-corrected chi connectivity index (χ3v) is 5.73. The summed E-state index contributed by atoms with van der Waals surface area (Å²) in [5.41, 5.74) is 2.74. The zero-order valence-electron chi connectivity index (χ0n) is 14.5. The number of nitrogens with zero attached hydrogens (tertiary/aromatic N) is 3. The maximum Gasteiger partial charge on any atom is 0.232 e. The maximum absolute atomic E-state index is 12.6. The van der Waals surface area contributed by atoms with E-state index in [0.29, 0.717) is 18.0 Å². The molecule has 0 spiro atoms. The number of hydrogen-bond donors (Lipinski definition) is 0. The Morgan fingerprint density at radius 1 is 1.19 bits per heavy atom. The highest BCUT2D eigenvalue weighted by Crippen LogP contribution is 2.28. The fourth-order valence-electron chi connectivity index (χ4n) is 3.12. The molecule has 3 aromatic rings. The standard InChI is InChI=1S/C20H19N3O2S/c1-22(20-21-16-5-2-3-6-17(16)26-20)19(25)13-14-8-10-15(11-9-14)23-12-4-7-18(23)24/h2-3,5-6,8-11H,4,7,12-13H2,1H3. The first-order chi connectivity index (χ1) is 12.6. The highest BCUT2D eigenvalue weighted by molar-refractivity contribution is 7.22. The highest BCUT2D eigenvalue weighted by atomic mass is 32.1. The van der Waals surface area contributed by atoms with Crippen molar-refractivity contribution in [3.8, 4) is 0 Å². The van der Waals surface area contributed by atoms with Gasteiger partial charge >= 0.3 is 0 Å². The number of rotatable bonds is 4. The fourth-order valence-corrected chi connectivity index (χ4v) is 4.06. The summed E-state index contributed by atoms with van der Waals surface area (Å²) in [6.45, 7) is 0.775. The molecule has 1 saturated heterocycles. The van der Waals surface area contributed by atoms with E-state index in [4.69, 9.17) is 0 Å². The monoisotopic (exact) mass is 365 g/mol. The van der Waals surface area contributed by atoms with Crippen molar-refractivity contribution in [1.82, 2.24) is 4.98 Å². The average molecular weight is 365 g/mol. The number of fused-ring (bicyclic) bond motifs is 1. The average Bonchev–Trinajstić information content (AvgIpc) is 3.27. The van der Waals surface area contributed by atoms with E-state index in [1.807, 2.05) is 48.5 Å². The molecule has 1 fully saturated rings. The Balaban J connectivity index is 1.46. The molecule has 2 amide bonds. The van der Waals surface area contributed by atoms with Crippen molar-refractivity contribution in [2.24, 2.45) is 0 Å². The Morgan fingerprint density at radius 2 is 1.96 bits per heavy atom. The zero-order chi connectivity index (χ0) is 18.1. The molecule has 0 radical (unpaired) electrons. The molecule has 5 nitrogen and oxygen atoms in total. The van der Waals surface area contributed by atoms with Crippen LogP contribution in [0.25, 0.3) is 10.2 Å². The quantitative estimate of drug-likeness (QED) is 0.709. The van der Waals surface area contributed by atoms with Crippen LogP contribution in [-0.4, -0.2) is 30.4 Å². The van der Waals surface area contributed by atoms with Crippen LogP contribution in [-0.2, 0) is 16.0 Å². The van der Waals surface area contributed by atoms with Gasteiger partial charge in [-0.15, -0.1) is 0 Å². The van der Waals surface area contributed by atoms with Crippen molar-refractivity contribution in [3.05, 3.63) is 54.1 Å². The first-order valence-electron chi connectivity index (χ1n) is 8.63. The van der Waals surface area contributed by atoms with Crippen LogP contribution >= 0.6 is 11.3 Å². The molecule has 2 heterocycles. The van der Waals surface area contributed by atoms with Crippen molar-refractivity contribution < 1.29 is 9.59 Å². The Labute approximate surface area is 155 Å². The van der Waals surface area contributed by atoms with Gasteiger partial charge in [-0.3, -0.25) is 14.5 Å². The normalized spacial score (nSPS) is 14.2. The van der Waals surface area contributed by atoms with Gasteiger partial charge in [-0.1, -0.05) is 35.6 Å². The summed E-state index contributed by atoms with van der Waals surface area (Å²) < 4.78 is 1.07. The molecule has 0 N–H and O–H groups in total. The molecule has 0 saturated carbocycles. The second kappa shape index (κ2) is 6.88. The van der Waals surface area contributed by atoms with E-state index in [-0.39, 0.29) is 11.8 Å². The van der Waals surface area contributed by atoms with Crippen molar-refractivity contribution in [2.75, 3.05) is 23.4 Å². The van der Waals surface area contributed by atoms with Crippen LogP contribution in [0, 0.1) is 0 Å². The predicted molar refractivity (Wildman–Crippen MR) is 105 cm³/mol. The second-order valence-electron chi connectivity index (χ2n) is 6.41. The number of carbonyl (C=O) groups is 2. The molecule has 132 valence electrons. The number of thiazole rings is 1. The molecule has 1 aliphatic rings. The van der Waals surface area contributed by atoms with Gasteiger partial charge < -0.3 is 4.90 Å². The summed E-state index contributed by atoms with van der Waals surface area (Å²) >= 11 is 1.51. The van der Waals surface area contributed by atoms with Crippen LogP contribution in [0.3, 0.4) is 0 Å². The summed E-state index contributed by atoms with van der Waals surface area (Å²) in [6, 6.07) is 15.6. The summed E-state index contributed by atoms with van der Waals surface area (Å²) in [6.07, 6.45) is 1.83. The Kier molecular flexibility index (Phi) is 4.42. The first-order valence-corrected chi connectivity index (χ1v) is 9.45. The van der Waals surface area contributed by atoms with Crippen molar-refractivity contribution >= 4 is 44.2 Å². The molecule has 2 aromatic carbocycles. The first kappa shape index (κ1) is 16.7. The van der Waals surface area contributed by atoms with Crippen molar-refractivity contribution in [2.45, 2.75) is 19.3 Å². The molecule has 0 unspecified atom stereocenters. The summed E-state index contributed by atoms with van der Waals surface area (Å²) in [5.74, 6) is 0.165. The van der Waals surface area contributed by atoms with Crippen LogP contribution in [0.15, 0.2) is 48.5 Å². The Morgan fingerprint density at radius 3 is 2.65 bits per heavy atom. The molecule has 1 aromatic heterocycles. The van der Waals surface area contributed by atoms with E-state index in [2.05, 4.69) is 4.98 Å². The van der Waals surface area contributed by atoms with E-state index in [0.717, 1.165) is 34.4 Å². The molecule has 1 aliphatic heterocycles. The van der Waals surface area contributed by atoms with Gasteiger partial charge in [-0.25, -0.2) is 4.98 Å². The van der Waals surface area contributed by atoms with Gasteiger partial charge in [0.2, 0.25) is 11.8 Å². The minimum Gasteiger partial charge on any atom is -0.312 e. The minimum atomic E-state index is -0.00550. The van der Waals surface area contributed by atoms with Gasteiger partial charge in [-0.2, -0.15) is 0 Å². The SMILES string of the molecule is CN(C(=O)Cc1ccc(N2CCCC2=O)cc1)c1nc2ccccc2s1. The lowest BCUT2D eigenvalue weighted by atomic mass is 10.1. The lowest BCUT2D eigenvalue weighted by Crippen LogP contribution is -2.27. The molecule has 4 rings (SSSR count). The zero-order valence-corrected chi connectivity index (χ0v) is 15.3. The molecule has 26 heavy (non-hydrogen) atoms. The van der Waals surface area contributed by atoms with Crippen molar-refractivity contribution in [1.29, 1.82) is 0 Å². The number of likely N-dealkylation sites (N-methyl/N-ethyl adjacent to an activating group) is 1. The number of anilines is 2. The van der Waals surface area contributed by atoms with Gasteiger partial charge in [0.25, 0.3) is 0 Å². The molecular formula is C20H19N3O2S. The van der Waals surface area contributed by atoms with Gasteiger partial charge in [-0.05, 0) is 36.2 Å². The van der Waals surface area contributed by atoms with Crippen LogP contribution in [0.2, 0.25) is 0 Å².